The molecule has 2 heterocycles. The molecule has 4 N–H and O–H groups in total. The molecule has 7 heteroatoms. The molecule has 1 aromatic carbocycles. The molecule has 1 aliphatic heterocycles. The summed E-state index contributed by atoms with van der Waals surface area (Å²) in [5.41, 5.74) is 2.96. The number of aliphatic carboxylic acids is 1. The highest BCUT2D eigenvalue weighted by molar-refractivity contribution is 6.17. The number of aryl methyl sites for hydroxylation is 2. The first kappa shape index (κ1) is 20.5. The van der Waals surface area contributed by atoms with Crippen LogP contribution < -0.4 is 10.6 Å². The molecule has 7 nitrogen and oxygen atoms in total. The van der Waals surface area contributed by atoms with Gasteiger partial charge in [-0.3, -0.25) is 4.79 Å². The van der Waals surface area contributed by atoms with E-state index >= 15 is 0 Å². The van der Waals surface area contributed by atoms with Crippen LogP contribution in [0.4, 0.5) is 0 Å². The largest absolute Gasteiger partial charge is 0.511 e. The predicted molar refractivity (Wildman–Crippen MR) is 114 cm³/mol. The zero-order chi connectivity index (χ0) is 21.8. The predicted octanol–water partition coefficient (Wildman–Crippen LogP) is 2.73. The highest BCUT2D eigenvalue weighted by Gasteiger charge is 2.51. The number of aliphatic hydroxyl groups is 1. The molecule has 2 aliphatic rings. The third-order valence-corrected chi connectivity index (χ3v) is 6.91. The minimum atomic E-state index is -1.39. The quantitative estimate of drug-likeness (QED) is 0.579. The van der Waals surface area contributed by atoms with E-state index in [4.69, 9.17) is 0 Å². The smallest absolute Gasteiger partial charge is 0.344 e. The lowest BCUT2D eigenvalue weighted by Gasteiger charge is -2.44. The molecule has 0 bridgehead atoms. The molecule has 3 unspecified atom stereocenters. The van der Waals surface area contributed by atoms with Gasteiger partial charge in [0.15, 0.2) is 5.57 Å². The van der Waals surface area contributed by atoms with Gasteiger partial charge in [0.05, 0.1) is 5.54 Å². The Bertz CT molecular complexity index is 1080. The SMILES string of the molecule is CCNCc1cc2cc3c(cc2n1C)CCC(C)C1C(O)=C(C(=O)O)C(=O)NC31C. The van der Waals surface area contributed by atoms with Gasteiger partial charge < -0.3 is 25.4 Å². The molecule has 1 amide bonds. The van der Waals surface area contributed by atoms with Crippen LogP contribution in [0.3, 0.4) is 0 Å². The molecule has 30 heavy (non-hydrogen) atoms. The van der Waals surface area contributed by atoms with Gasteiger partial charge in [-0.15, -0.1) is 0 Å². The number of nitrogens with zero attached hydrogens (tertiary/aromatic N) is 1. The van der Waals surface area contributed by atoms with E-state index in [1.807, 2.05) is 13.8 Å². The number of carboxylic acid groups (broad SMARTS) is 1. The van der Waals surface area contributed by atoms with Crippen molar-refractivity contribution in [1.82, 2.24) is 15.2 Å². The van der Waals surface area contributed by atoms with Crippen molar-refractivity contribution in [3.8, 4) is 0 Å². The molecule has 0 saturated carbocycles. The molecule has 160 valence electrons. The third kappa shape index (κ3) is 2.91. The van der Waals surface area contributed by atoms with Crippen molar-refractivity contribution in [2.75, 3.05) is 6.54 Å². The average Bonchev–Trinajstić information content (AvgIpc) is 2.92. The number of carboxylic acids is 1. The molecular weight excluding hydrogens is 382 g/mol. The Kier molecular flexibility index (Phi) is 4.89. The van der Waals surface area contributed by atoms with Crippen LogP contribution in [0, 0.1) is 11.8 Å². The van der Waals surface area contributed by atoms with Crippen LogP contribution in [-0.4, -0.2) is 33.2 Å². The lowest BCUT2D eigenvalue weighted by Crippen LogP contribution is -2.56. The van der Waals surface area contributed by atoms with Gasteiger partial charge in [-0.25, -0.2) is 4.79 Å². The van der Waals surface area contributed by atoms with Gasteiger partial charge >= 0.3 is 5.97 Å². The standard InChI is InChI=1S/C23H29N3O4/c1-5-24-11-15-8-14-9-16-13(10-17(14)26(15)4)7-6-12(2)19-20(27)18(22(29)30)21(28)25-23(16,19)3/h8-10,12,19,24,27H,5-7,11H2,1-4H3,(H,25,28)(H,29,30). The summed E-state index contributed by atoms with van der Waals surface area (Å²) in [6.07, 6.45) is 1.60. The van der Waals surface area contributed by atoms with Crippen LogP contribution >= 0.6 is 0 Å². The van der Waals surface area contributed by atoms with E-state index in [2.05, 4.69) is 47.4 Å². The molecule has 4 rings (SSSR count). The Morgan fingerprint density at radius 2 is 2.10 bits per heavy atom. The van der Waals surface area contributed by atoms with E-state index < -0.39 is 28.9 Å². The first-order valence-corrected chi connectivity index (χ1v) is 10.5. The molecule has 3 atom stereocenters. The summed E-state index contributed by atoms with van der Waals surface area (Å²) >= 11 is 0. The third-order valence-electron chi connectivity index (χ3n) is 6.91. The van der Waals surface area contributed by atoms with E-state index in [0.717, 1.165) is 48.0 Å². The number of nitrogens with one attached hydrogen (secondary N) is 2. The second-order valence-electron chi connectivity index (χ2n) is 8.76. The number of amides is 1. The molecule has 0 saturated heterocycles. The van der Waals surface area contributed by atoms with Crippen LogP contribution in [0.25, 0.3) is 10.9 Å². The topological polar surface area (TPSA) is 104 Å². The van der Waals surface area contributed by atoms with Gasteiger partial charge in [0, 0.05) is 36.1 Å². The highest BCUT2D eigenvalue weighted by atomic mass is 16.4. The van der Waals surface area contributed by atoms with Crippen LogP contribution in [0.15, 0.2) is 29.5 Å². The van der Waals surface area contributed by atoms with Crippen LogP contribution in [0.2, 0.25) is 0 Å². The maximum Gasteiger partial charge on any atom is 0.344 e. The normalized spacial score (nSPS) is 26.2. The molecule has 1 aromatic heterocycles. The van der Waals surface area contributed by atoms with Crippen molar-refractivity contribution in [2.24, 2.45) is 18.9 Å². The number of benzene rings is 1. The summed E-state index contributed by atoms with van der Waals surface area (Å²) in [5.74, 6) is -2.93. The minimum Gasteiger partial charge on any atom is -0.511 e. The highest BCUT2D eigenvalue weighted by Crippen LogP contribution is 2.48. The monoisotopic (exact) mass is 411 g/mol. The first-order valence-electron chi connectivity index (χ1n) is 10.5. The Balaban J connectivity index is 1.92. The molecule has 0 spiro atoms. The number of aromatic nitrogens is 1. The summed E-state index contributed by atoms with van der Waals surface area (Å²) in [5, 5.41) is 27.7. The second kappa shape index (κ2) is 7.16. The van der Waals surface area contributed by atoms with Crippen molar-refractivity contribution >= 4 is 22.8 Å². The summed E-state index contributed by atoms with van der Waals surface area (Å²) in [6, 6.07) is 6.43. The van der Waals surface area contributed by atoms with Crippen molar-refractivity contribution < 1.29 is 19.8 Å². The fourth-order valence-electron chi connectivity index (χ4n) is 5.35. The van der Waals surface area contributed by atoms with E-state index in [1.54, 1.807) is 0 Å². The fourth-order valence-corrected chi connectivity index (χ4v) is 5.35. The maximum atomic E-state index is 12.7. The van der Waals surface area contributed by atoms with Gasteiger partial charge in [0.2, 0.25) is 0 Å². The van der Waals surface area contributed by atoms with Crippen LogP contribution in [-0.2, 0) is 35.1 Å². The van der Waals surface area contributed by atoms with Gasteiger partial charge in [-0.05, 0) is 61.6 Å². The Morgan fingerprint density at radius 1 is 1.37 bits per heavy atom. The fraction of sp³-hybridized carbons (Fsp3) is 0.478. The number of carbonyl (C=O) groups excluding carboxylic acids is 1. The zero-order valence-corrected chi connectivity index (χ0v) is 17.9. The molecule has 0 fully saturated rings. The average molecular weight is 412 g/mol. The summed E-state index contributed by atoms with van der Waals surface area (Å²) < 4.78 is 2.19. The van der Waals surface area contributed by atoms with Gasteiger partial charge in [-0.2, -0.15) is 0 Å². The van der Waals surface area contributed by atoms with Gasteiger partial charge in [0.25, 0.3) is 5.91 Å². The number of fused-ring (bicyclic) bond motifs is 4. The number of hydrogen-bond donors (Lipinski definition) is 4. The molecule has 0 radical (unpaired) electrons. The van der Waals surface area contributed by atoms with E-state index in [1.165, 1.54) is 5.69 Å². The van der Waals surface area contributed by atoms with Crippen LogP contribution in [0.1, 0.15) is 44.0 Å². The van der Waals surface area contributed by atoms with Crippen molar-refractivity contribution in [1.29, 1.82) is 0 Å². The van der Waals surface area contributed by atoms with E-state index in [0.29, 0.717) is 0 Å². The lowest BCUT2D eigenvalue weighted by molar-refractivity contribution is -0.136. The number of carbonyl (C=O) groups is 2. The van der Waals surface area contributed by atoms with Crippen molar-refractivity contribution in [2.45, 2.75) is 45.7 Å². The Hall–Kier alpha value is -2.80. The van der Waals surface area contributed by atoms with Gasteiger partial charge in [-0.1, -0.05) is 13.8 Å². The molecular formula is C23H29N3O4. The maximum absolute atomic E-state index is 12.7. The summed E-state index contributed by atoms with van der Waals surface area (Å²) in [4.78, 5) is 24.3. The van der Waals surface area contributed by atoms with E-state index in [-0.39, 0.29) is 11.7 Å². The second-order valence-corrected chi connectivity index (χ2v) is 8.76. The van der Waals surface area contributed by atoms with Crippen LogP contribution in [0.5, 0.6) is 0 Å². The van der Waals surface area contributed by atoms with E-state index in [9.17, 15) is 19.8 Å². The lowest BCUT2D eigenvalue weighted by atomic mass is 9.69. The number of rotatable bonds is 4. The molecule has 1 aliphatic carbocycles. The number of hydrogen-bond acceptors (Lipinski definition) is 4. The zero-order valence-electron chi connectivity index (χ0n) is 17.9. The van der Waals surface area contributed by atoms with Crippen molar-refractivity contribution in [3.63, 3.8) is 0 Å². The summed E-state index contributed by atoms with van der Waals surface area (Å²) in [7, 11) is 2.06. The number of aliphatic hydroxyl groups excluding tert-OH is 1. The Labute approximate surface area is 175 Å². The summed E-state index contributed by atoms with van der Waals surface area (Å²) in [6.45, 7) is 7.64. The molecule has 2 aromatic rings. The van der Waals surface area contributed by atoms with Crippen molar-refractivity contribution in [3.05, 3.63) is 46.4 Å². The minimum absolute atomic E-state index is 0.00442. The first-order chi connectivity index (χ1) is 14.2. The van der Waals surface area contributed by atoms with Gasteiger partial charge in [0.1, 0.15) is 5.76 Å². The Morgan fingerprint density at radius 3 is 2.77 bits per heavy atom.